The van der Waals surface area contributed by atoms with Crippen molar-refractivity contribution < 1.29 is 0 Å². The molecule has 1 atom stereocenters. The van der Waals surface area contributed by atoms with Crippen molar-refractivity contribution in [3.63, 3.8) is 0 Å². The lowest BCUT2D eigenvalue weighted by atomic mass is 9.76. The Hall–Kier alpha value is -0.440. The van der Waals surface area contributed by atoms with Gasteiger partial charge in [-0.2, -0.15) is 0 Å². The van der Waals surface area contributed by atoms with Gasteiger partial charge in [-0.15, -0.1) is 0 Å². The first-order chi connectivity index (χ1) is 7.70. The van der Waals surface area contributed by atoms with E-state index in [2.05, 4.69) is 11.4 Å². The standard InChI is InChI=1S/C13H16ClNS/c1-15-13(9-5-4-8-12(13)16)10-6-2-3-7-11(10)14/h2-3,6-7,15H,4-5,8-9H2,1H3. The number of hydrogen-bond donors (Lipinski definition) is 1. The maximum atomic E-state index is 6.29. The quantitative estimate of drug-likeness (QED) is 0.807. The van der Waals surface area contributed by atoms with Crippen molar-refractivity contribution in [2.45, 2.75) is 31.2 Å². The Labute approximate surface area is 107 Å². The van der Waals surface area contributed by atoms with E-state index in [0.717, 1.165) is 28.3 Å². The predicted octanol–water partition coefficient (Wildman–Crippen LogP) is 3.70. The van der Waals surface area contributed by atoms with Gasteiger partial charge in [0.1, 0.15) is 0 Å². The van der Waals surface area contributed by atoms with Gasteiger partial charge >= 0.3 is 0 Å². The summed E-state index contributed by atoms with van der Waals surface area (Å²) in [4.78, 5) is 1.09. The lowest BCUT2D eigenvalue weighted by Crippen LogP contribution is -2.48. The fourth-order valence-electron chi connectivity index (χ4n) is 2.52. The molecule has 1 N–H and O–H groups in total. The van der Waals surface area contributed by atoms with Gasteiger partial charge in [-0.3, -0.25) is 0 Å². The molecular formula is C13H16ClNS. The summed E-state index contributed by atoms with van der Waals surface area (Å²) < 4.78 is 0. The molecule has 1 aliphatic rings. The van der Waals surface area contributed by atoms with Crippen LogP contribution in [0.5, 0.6) is 0 Å². The number of halogens is 1. The van der Waals surface area contributed by atoms with E-state index in [1.54, 1.807) is 0 Å². The van der Waals surface area contributed by atoms with Gasteiger partial charge in [0.15, 0.2) is 0 Å². The average Bonchev–Trinajstić information content (AvgIpc) is 2.31. The molecule has 0 bridgehead atoms. The van der Waals surface area contributed by atoms with Crippen LogP contribution in [0.4, 0.5) is 0 Å². The first kappa shape index (κ1) is 12.0. The Bertz CT molecular complexity index is 405. The van der Waals surface area contributed by atoms with E-state index >= 15 is 0 Å². The van der Waals surface area contributed by atoms with Crippen LogP contribution in [0.1, 0.15) is 31.2 Å². The molecule has 1 unspecified atom stereocenters. The molecule has 86 valence electrons. The number of hydrogen-bond acceptors (Lipinski definition) is 2. The van der Waals surface area contributed by atoms with Crippen LogP contribution in [0.25, 0.3) is 0 Å². The Morgan fingerprint density at radius 2 is 2.06 bits per heavy atom. The van der Waals surface area contributed by atoms with Crippen molar-refractivity contribution in [1.29, 1.82) is 0 Å². The van der Waals surface area contributed by atoms with Crippen LogP contribution in [0.2, 0.25) is 5.02 Å². The Balaban J connectivity index is 2.48. The second kappa shape index (κ2) is 4.82. The molecule has 16 heavy (non-hydrogen) atoms. The molecular weight excluding hydrogens is 238 g/mol. The summed E-state index contributed by atoms with van der Waals surface area (Å²) in [6.07, 6.45) is 4.46. The first-order valence-corrected chi connectivity index (χ1v) is 6.46. The predicted molar refractivity (Wildman–Crippen MR) is 73.3 cm³/mol. The Kier molecular flexibility index (Phi) is 3.63. The van der Waals surface area contributed by atoms with E-state index < -0.39 is 0 Å². The van der Waals surface area contributed by atoms with Crippen LogP contribution in [0, 0.1) is 0 Å². The van der Waals surface area contributed by atoms with E-state index in [4.69, 9.17) is 23.8 Å². The largest absolute Gasteiger partial charge is 0.306 e. The molecule has 0 saturated heterocycles. The van der Waals surface area contributed by atoms with Gasteiger partial charge in [0.2, 0.25) is 0 Å². The molecule has 1 fully saturated rings. The zero-order chi connectivity index (χ0) is 11.6. The average molecular weight is 254 g/mol. The summed E-state index contributed by atoms with van der Waals surface area (Å²) in [6.45, 7) is 0. The summed E-state index contributed by atoms with van der Waals surface area (Å²) in [6, 6.07) is 8.00. The third-order valence-corrected chi connectivity index (χ3v) is 4.32. The molecule has 0 heterocycles. The van der Waals surface area contributed by atoms with Gasteiger partial charge in [0.25, 0.3) is 0 Å². The molecule has 0 aromatic heterocycles. The number of benzene rings is 1. The van der Waals surface area contributed by atoms with Gasteiger partial charge in [0.05, 0.1) is 5.54 Å². The van der Waals surface area contributed by atoms with E-state index in [1.807, 2.05) is 25.2 Å². The molecule has 0 aliphatic heterocycles. The zero-order valence-electron chi connectivity index (χ0n) is 9.42. The lowest BCUT2D eigenvalue weighted by Gasteiger charge is -2.39. The molecule has 1 nitrogen and oxygen atoms in total. The molecule has 2 rings (SSSR count). The van der Waals surface area contributed by atoms with E-state index in [0.29, 0.717) is 0 Å². The highest BCUT2D eigenvalue weighted by Gasteiger charge is 2.37. The summed E-state index contributed by atoms with van der Waals surface area (Å²) in [7, 11) is 1.97. The van der Waals surface area contributed by atoms with Crippen LogP contribution in [-0.2, 0) is 5.54 Å². The monoisotopic (exact) mass is 253 g/mol. The van der Waals surface area contributed by atoms with E-state index in [1.165, 1.54) is 12.8 Å². The minimum absolute atomic E-state index is 0.189. The fourth-order valence-corrected chi connectivity index (χ4v) is 3.28. The van der Waals surface area contributed by atoms with Gasteiger partial charge in [0, 0.05) is 9.89 Å². The highest BCUT2D eigenvalue weighted by molar-refractivity contribution is 7.80. The van der Waals surface area contributed by atoms with Crippen LogP contribution in [0.15, 0.2) is 24.3 Å². The van der Waals surface area contributed by atoms with Crippen molar-refractivity contribution in [3.05, 3.63) is 34.9 Å². The minimum Gasteiger partial charge on any atom is -0.306 e. The SMILES string of the molecule is CNC1(c2ccccc2Cl)CCCCC1=S. The number of thiocarbonyl (C=S) groups is 1. The molecule has 1 aromatic rings. The van der Waals surface area contributed by atoms with Gasteiger partial charge in [-0.1, -0.05) is 48.4 Å². The van der Waals surface area contributed by atoms with Crippen molar-refractivity contribution >= 4 is 28.7 Å². The first-order valence-electron chi connectivity index (χ1n) is 5.68. The van der Waals surface area contributed by atoms with Crippen LogP contribution in [-0.4, -0.2) is 11.9 Å². The third-order valence-electron chi connectivity index (χ3n) is 3.44. The van der Waals surface area contributed by atoms with Gasteiger partial charge in [-0.05, 0) is 37.9 Å². The van der Waals surface area contributed by atoms with Crippen molar-refractivity contribution in [3.8, 4) is 0 Å². The molecule has 1 aromatic carbocycles. The summed E-state index contributed by atoms with van der Waals surface area (Å²) >= 11 is 11.9. The Morgan fingerprint density at radius 1 is 1.31 bits per heavy atom. The Morgan fingerprint density at radius 3 is 2.69 bits per heavy atom. The lowest BCUT2D eigenvalue weighted by molar-refractivity contribution is 0.406. The maximum absolute atomic E-state index is 6.29. The number of nitrogens with one attached hydrogen (secondary N) is 1. The maximum Gasteiger partial charge on any atom is 0.0765 e. The molecule has 0 radical (unpaired) electrons. The van der Waals surface area contributed by atoms with Gasteiger partial charge < -0.3 is 5.32 Å². The zero-order valence-corrected chi connectivity index (χ0v) is 11.0. The van der Waals surface area contributed by atoms with Gasteiger partial charge in [-0.25, -0.2) is 0 Å². The topological polar surface area (TPSA) is 12.0 Å². The van der Waals surface area contributed by atoms with Crippen molar-refractivity contribution in [1.82, 2.24) is 5.32 Å². The smallest absolute Gasteiger partial charge is 0.0765 e. The number of rotatable bonds is 2. The normalized spacial score (nSPS) is 25.8. The second-order valence-corrected chi connectivity index (χ2v) is 5.17. The third kappa shape index (κ3) is 1.90. The summed E-state index contributed by atoms with van der Waals surface area (Å²) in [5, 5.41) is 4.21. The van der Waals surface area contributed by atoms with Crippen molar-refractivity contribution in [2.75, 3.05) is 7.05 Å². The van der Waals surface area contributed by atoms with E-state index in [-0.39, 0.29) is 5.54 Å². The second-order valence-electron chi connectivity index (χ2n) is 4.27. The minimum atomic E-state index is -0.189. The highest BCUT2D eigenvalue weighted by atomic mass is 35.5. The molecule has 0 amide bonds. The summed E-state index contributed by atoms with van der Waals surface area (Å²) in [5.41, 5.74) is 0.940. The molecule has 1 aliphatic carbocycles. The van der Waals surface area contributed by atoms with Crippen LogP contribution in [0.3, 0.4) is 0 Å². The highest BCUT2D eigenvalue weighted by Crippen LogP contribution is 2.38. The van der Waals surface area contributed by atoms with Crippen LogP contribution >= 0.6 is 23.8 Å². The molecule has 1 saturated carbocycles. The molecule has 3 heteroatoms. The van der Waals surface area contributed by atoms with E-state index in [9.17, 15) is 0 Å². The van der Waals surface area contributed by atoms with Crippen LogP contribution < -0.4 is 5.32 Å². The summed E-state index contributed by atoms with van der Waals surface area (Å²) in [5.74, 6) is 0. The van der Waals surface area contributed by atoms with Crippen molar-refractivity contribution in [2.24, 2.45) is 0 Å². The molecule has 0 spiro atoms. The fraction of sp³-hybridized carbons (Fsp3) is 0.462.